The highest BCUT2D eigenvalue weighted by atomic mass is 16.8. The second-order valence-corrected chi connectivity index (χ2v) is 5.06. The van der Waals surface area contributed by atoms with Gasteiger partial charge in [-0.1, -0.05) is 0 Å². The number of nitrogens with zero attached hydrogens (tertiary/aromatic N) is 1. The molecule has 0 aromatic heterocycles. The van der Waals surface area contributed by atoms with Crippen LogP contribution in [0, 0.1) is 0 Å². The number of methoxy groups -OCH3 is 2. The summed E-state index contributed by atoms with van der Waals surface area (Å²) in [5.41, 5.74) is 1.03. The summed E-state index contributed by atoms with van der Waals surface area (Å²) in [6, 6.07) is 5.77. The van der Waals surface area contributed by atoms with E-state index in [0.29, 0.717) is 0 Å². The average Bonchev–Trinajstić information content (AvgIpc) is 3.07. The number of benzene rings is 1. The lowest BCUT2D eigenvalue weighted by atomic mass is 10.1. The van der Waals surface area contributed by atoms with Crippen molar-refractivity contribution in [2.45, 2.75) is 32.5 Å². The summed E-state index contributed by atoms with van der Waals surface area (Å²) in [5, 5.41) is 1.96. The zero-order valence-corrected chi connectivity index (χ0v) is 11.0. The number of hydrogen-bond donors (Lipinski definition) is 0. The van der Waals surface area contributed by atoms with Gasteiger partial charge in [-0.25, -0.2) is 0 Å². The van der Waals surface area contributed by atoms with Crippen LogP contribution in [0.5, 0.6) is 11.5 Å². The molecule has 94 valence electrons. The summed E-state index contributed by atoms with van der Waals surface area (Å²) >= 11 is 0. The number of hydroxylamine groups is 2. The SMILES string of the molecule is COc1ccc([C@H]2ON2C(C)(C)C)c(OC)c1. The molecule has 0 amide bonds. The minimum absolute atomic E-state index is 0.00436. The zero-order valence-electron chi connectivity index (χ0n) is 11.0. The highest BCUT2D eigenvalue weighted by Crippen LogP contribution is 2.46. The first kappa shape index (κ1) is 12.2. The first-order chi connectivity index (χ1) is 7.97. The molecule has 1 saturated heterocycles. The van der Waals surface area contributed by atoms with Crippen LogP contribution in [0.4, 0.5) is 0 Å². The third-order valence-corrected chi connectivity index (χ3v) is 2.75. The maximum absolute atomic E-state index is 5.60. The number of ether oxygens (including phenoxy) is 2. The van der Waals surface area contributed by atoms with E-state index in [0.717, 1.165) is 17.1 Å². The molecular formula is C13H19NO3. The Labute approximate surface area is 102 Å². The van der Waals surface area contributed by atoms with Crippen molar-refractivity contribution in [1.29, 1.82) is 0 Å². The number of rotatable bonds is 3. The van der Waals surface area contributed by atoms with Gasteiger partial charge in [0.25, 0.3) is 0 Å². The molecule has 1 aliphatic heterocycles. The fraction of sp³-hybridized carbons (Fsp3) is 0.538. The van der Waals surface area contributed by atoms with E-state index in [1.54, 1.807) is 14.2 Å². The minimum Gasteiger partial charge on any atom is -0.497 e. The fourth-order valence-electron chi connectivity index (χ4n) is 1.80. The first-order valence-corrected chi connectivity index (χ1v) is 5.65. The van der Waals surface area contributed by atoms with Gasteiger partial charge < -0.3 is 9.47 Å². The van der Waals surface area contributed by atoms with E-state index >= 15 is 0 Å². The summed E-state index contributed by atoms with van der Waals surface area (Å²) < 4.78 is 10.5. The lowest BCUT2D eigenvalue weighted by molar-refractivity contribution is 0.101. The molecule has 0 bridgehead atoms. The van der Waals surface area contributed by atoms with Crippen LogP contribution in [0.2, 0.25) is 0 Å². The molecule has 0 N–H and O–H groups in total. The normalized spacial score (nSPS) is 23.4. The van der Waals surface area contributed by atoms with Crippen molar-refractivity contribution in [2.24, 2.45) is 0 Å². The van der Waals surface area contributed by atoms with Crippen LogP contribution in [-0.4, -0.2) is 24.8 Å². The van der Waals surface area contributed by atoms with Gasteiger partial charge in [0.2, 0.25) is 0 Å². The molecule has 1 aromatic carbocycles. The minimum atomic E-state index is -0.0177. The quantitative estimate of drug-likeness (QED) is 0.757. The maximum atomic E-state index is 5.60. The van der Waals surface area contributed by atoms with Gasteiger partial charge in [0.05, 0.1) is 14.2 Å². The summed E-state index contributed by atoms with van der Waals surface area (Å²) in [5.74, 6) is 1.58. The van der Waals surface area contributed by atoms with Crippen LogP contribution in [0.25, 0.3) is 0 Å². The Morgan fingerprint density at radius 1 is 1.18 bits per heavy atom. The van der Waals surface area contributed by atoms with Crippen molar-refractivity contribution >= 4 is 0 Å². The molecule has 17 heavy (non-hydrogen) atoms. The van der Waals surface area contributed by atoms with Crippen LogP contribution in [0.3, 0.4) is 0 Å². The second kappa shape index (κ2) is 4.20. The summed E-state index contributed by atoms with van der Waals surface area (Å²) in [6.07, 6.45) is -0.0177. The molecule has 2 rings (SSSR count). The van der Waals surface area contributed by atoms with Gasteiger partial charge >= 0.3 is 0 Å². The van der Waals surface area contributed by atoms with Crippen molar-refractivity contribution in [3.05, 3.63) is 23.8 Å². The lowest BCUT2D eigenvalue weighted by Crippen LogP contribution is -2.25. The summed E-state index contributed by atoms with van der Waals surface area (Å²) in [6.45, 7) is 6.34. The van der Waals surface area contributed by atoms with Crippen LogP contribution >= 0.6 is 0 Å². The monoisotopic (exact) mass is 237 g/mol. The van der Waals surface area contributed by atoms with Gasteiger partial charge in [-0.2, -0.15) is 0 Å². The van der Waals surface area contributed by atoms with E-state index in [9.17, 15) is 0 Å². The Balaban J connectivity index is 2.23. The van der Waals surface area contributed by atoms with Crippen LogP contribution in [0.1, 0.15) is 32.6 Å². The molecule has 0 saturated carbocycles. The average molecular weight is 237 g/mol. The Hall–Kier alpha value is -1.26. The number of hydrogen-bond acceptors (Lipinski definition) is 4. The highest BCUT2D eigenvalue weighted by molar-refractivity contribution is 5.42. The van der Waals surface area contributed by atoms with E-state index < -0.39 is 0 Å². The second-order valence-electron chi connectivity index (χ2n) is 5.06. The van der Waals surface area contributed by atoms with E-state index in [-0.39, 0.29) is 11.8 Å². The van der Waals surface area contributed by atoms with Crippen molar-refractivity contribution in [2.75, 3.05) is 14.2 Å². The molecule has 2 atom stereocenters. The van der Waals surface area contributed by atoms with Gasteiger partial charge in [0.1, 0.15) is 11.5 Å². The lowest BCUT2D eigenvalue weighted by Gasteiger charge is -2.17. The smallest absolute Gasteiger partial charge is 0.184 e. The van der Waals surface area contributed by atoms with Gasteiger partial charge in [-0.3, -0.25) is 4.84 Å². The van der Waals surface area contributed by atoms with Crippen LogP contribution in [-0.2, 0) is 4.84 Å². The van der Waals surface area contributed by atoms with E-state index in [4.69, 9.17) is 14.3 Å². The first-order valence-electron chi connectivity index (χ1n) is 5.65. The Kier molecular flexibility index (Phi) is 3.02. The van der Waals surface area contributed by atoms with Crippen molar-refractivity contribution in [3.8, 4) is 11.5 Å². The fourth-order valence-corrected chi connectivity index (χ4v) is 1.80. The standard InChI is InChI=1S/C13H19NO3/c1-13(2,3)14-12(17-14)10-7-6-9(15-4)8-11(10)16-5/h6-8,12H,1-5H3/t12-,14?/m1/s1. The molecule has 1 heterocycles. The van der Waals surface area contributed by atoms with Crippen molar-refractivity contribution in [1.82, 2.24) is 5.06 Å². The van der Waals surface area contributed by atoms with Gasteiger partial charge in [-0.05, 0) is 32.9 Å². The van der Waals surface area contributed by atoms with Crippen molar-refractivity contribution < 1.29 is 14.3 Å². The van der Waals surface area contributed by atoms with Crippen LogP contribution in [0.15, 0.2) is 18.2 Å². The molecule has 0 radical (unpaired) electrons. The molecule has 1 aromatic rings. The zero-order chi connectivity index (χ0) is 12.6. The molecule has 4 heteroatoms. The van der Waals surface area contributed by atoms with Gasteiger partial charge in [0, 0.05) is 17.2 Å². The predicted molar refractivity (Wildman–Crippen MR) is 65.0 cm³/mol. The predicted octanol–water partition coefficient (Wildman–Crippen LogP) is 2.75. The molecule has 4 nitrogen and oxygen atoms in total. The van der Waals surface area contributed by atoms with E-state index in [1.165, 1.54) is 0 Å². The highest BCUT2D eigenvalue weighted by Gasteiger charge is 2.47. The molecule has 0 aliphatic carbocycles. The molecule has 1 fully saturated rings. The molecule has 1 unspecified atom stereocenters. The Morgan fingerprint density at radius 2 is 1.88 bits per heavy atom. The molecule has 1 aliphatic rings. The third-order valence-electron chi connectivity index (χ3n) is 2.75. The van der Waals surface area contributed by atoms with Gasteiger partial charge in [-0.15, -0.1) is 5.06 Å². The molecule has 0 spiro atoms. The van der Waals surface area contributed by atoms with E-state index in [1.807, 2.05) is 23.3 Å². The summed E-state index contributed by atoms with van der Waals surface area (Å²) in [4.78, 5) is 5.60. The molecular weight excluding hydrogens is 218 g/mol. The topological polar surface area (TPSA) is 34.0 Å². The van der Waals surface area contributed by atoms with Gasteiger partial charge in [0.15, 0.2) is 6.23 Å². The third kappa shape index (κ3) is 2.37. The summed E-state index contributed by atoms with van der Waals surface area (Å²) in [7, 11) is 3.30. The van der Waals surface area contributed by atoms with Crippen LogP contribution < -0.4 is 9.47 Å². The van der Waals surface area contributed by atoms with Crippen molar-refractivity contribution in [3.63, 3.8) is 0 Å². The largest absolute Gasteiger partial charge is 0.497 e. The Morgan fingerprint density at radius 3 is 2.35 bits per heavy atom. The van der Waals surface area contributed by atoms with E-state index in [2.05, 4.69) is 20.8 Å². The Bertz CT molecular complexity index is 412. The maximum Gasteiger partial charge on any atom is 0.184 e.